The highest BCUT2D eigenvalue weighted by Crippen LogP contribution is 2.13. The SMILES string of the molecule is CC(CBr)N(C)C(=O)c1cccc(Cl)c1. The number of benzene rings is 1. The van der Waals surface area contributed by atoms with Crippen molar-refractivity contribution < 1.29 is 4.79 Å². The molecule has 1 aromatic carbocycles. The van der Waals surface area contributed by atoms with Crippen LogP contribution in [0.3, 0.4) is 0 Å². The molecular formula is C11H13BrClNO. The Morgan fingerprint density at radius 3 is 2.80 bits per heavy atom. The first kappa shape index (κ1) is 12.5. The minimum atomic E-state index is -0.00977. The average Bonchev–Trinajstić information content (AvgIpc) is 2.26. The molecule has 0 aliphatic carbocycles. The van der Waals surface area contributed by atoms with Gasteiger partial charge in [-0.3, -0.25) is 4.79 Å². The predicted molar refractivity (Wildman–Crippen MR) is 66.8 cm³/mol. The summed E-state index contributed by atoms with van der Waals surface area (Å²) < 4.78 is 0. The van der Waals surface area contributed by atoms with Crippen LogP contribution in [0.25, 0.3) is 0 Å². The van der Waals surface area contributed by atoms with Crippen molar-refractivity contribution >= 4 is 33.4 Å². The fraction of sp³-hybridized carbons (Fsp3) is 0.364. The van der Waals surface area contributed by atoms with Crippen LogP contribution >= 0.6 is 27.5 Å². The Kier molecular flexibility index (Phi) is 4.61. The lowest BCUT2D eigenvalue weighted by Gasteiger charge is -2.23. The number of alkyl halides is 1. The molecule has 2 nitrogen and oxygen atoms in total. The lowest BCUT2D eigenvalue weighted by atomic mass is 10.2. The van der Waals surface area contributed by atoms with Gasteiger partial charge in [0.25, 0.3) is 5.91 Å². The molecule has 0 saturated heterocycles. The van der Waals surface area contributed by atoms with Gasteiger partial charge in [0.1, 0.15) is 0 Å². The van der Waals surface area contributed by atoms with E-state index in [2.05, 4.69) is 15.9 Å². The molecule has 1 atom stereocenters. The van der Waals surface area contributed by atoms with E-state index in [0.29, 0.717) is 10.6 Å². The maximum atomic E-state index is 11.9. The maximum absolute atomic E-state index is 11.9. The molecule has 0 saturated carbocycles. The molecule has 82 valence electrons. The molecule has 15 heavy (non-hydrogen) atoms. The van der Waals surface area contributed by atoms with Crippen LogP contribution in [0.15, 0.2) is 24.3 Å². The second-order valence-electron chi connectivity index (χ2n) is 3.43. The topological polar surface area (TPSA) is 20.3 Å². The van der Waals surface area contributed by atoms with Gasteiger partial charge in [0.2, 0.25) is 0 Å². The van der Waals surface area contributed by atoms with Crippen LogP contribution in [0.5, 0.6) is 0 Å². The molecule has 1 amide bonds. The molecule has 0 aromatic heterocycles. The van der Waals surface area contributed by atoms with Crippen LogP contribution in [-0.2, 0) is 0 Å². The number of halogens is 2. The van der Waals surface area contributed by atoms with E-state index in [1.54, 1.807) is 36.2 Å². The quantitative estimate of drug-likeness (QED) is 0.783. The molecular weight excluding hydrogens is 277 g/mol. The number of carbonyl (C=O) groups excluding carboxylic acids is 1. The monoisotopic (exact) mass is 289 g/mol. The molecule has 1 unspecified atom stereocenters. The first-order valence-corrected chi connectivity index (χ1v) is 6.15. The highest BCUT2D eigenvalue weighted by Gasteiger charge is 2.16. The fourth-order valence-electron chi connectivity index (χ4n) is 1.13. The first-order chi connectivity index (χ1) is 7.06. The zero-order chi connectivity index (χ0) is 11.4. The number of carbonyl (C=O) groups is 1. The Bertz CT molecular complexity index is 356. The van der Waals surface area contributed by atoms with Gasteiger partial charge in [0, 0.05) is 29.0 Å². The van der Waals surface area contributed by atoms with Gasteiger partial charge in [-0.25, -0.2) is 0 Å². The summed E-state index contributed by atoms with van der Waals surface area (Å²) in [4.78, 5) is 13.6. The smallest absolute Gasteiger partial charge is 0.253 e. The van der Waals surface area contributed by atoms with Crippen molar-refractivity contribution in [1.29, 1.82) is 0 Å². The molecule has 0 N–H and O–H groups in total. The minimum Gasteiger partial charge on any atom is -0.338 e. The van der Waals surface area contributed by atoms with E-state index < -0.39 is 0 Å². The summed E-state index contributed by atoms with van der Waals surface area (Å²) >= 11 is 9.18. The van der Waals surface area contributed by atoms with Gasteiger partial charge < -0.3 is 4.90 Å². The zero-order valence-electron chi connectivity index (χ0n) is 8.71. The standard InChI is InChI=1S/C11H13BrClNO/c1-8(7-12)14(2)11(15)9-4-3-5-10(13)6-9/h3-6,8H,7H2,1-2H3. The van der Waals surface area contributed by atoms with E-state index >= 15 is 0 Å². The molecule has 1 aromatic rings. The van der Waals surface area contributed by atoms with Crippen LogP contribution in [0.4, 0.5) is 0 Å². The number of hydrogen-bond acceptors (Lipinski definition) is 1. The summed E-state index contributed by atoms with van der Waals surface area (Å²) in [5, 5.41) is 1.34. The van der Waals surface area contributed by atoms with Crippen LogP contribution in [0.1, 0.15) is 17.3 Å². The Balaban J connectivity index is 2.85. The van der Waals surface area contributed by atoms with Gasteiger partial charge in [0.05, 0.1) is 0 Å². The molecule has 1 rings (SSSR count). The molecule has 0 aliphatic rings. The van der Waals surface area contributed by atoms with Crippen molar-refractivity contribution in [2.24, 2.45) is 0 Å². The van der Waals surface area contributed by atoms with Crippen molar-refractivity contribution in [1.82, 2.24) is 4.90 Å². The number of rotatable bonds is 3. The van der Waals surface area contributed by atoms with E-state index in [4.69, 9.17) is 11.6 Å². The second-order valence-corrected chi connectivity index (χ2v) is 4.51. The van der Waals surface area contributed by atoms with Crippen LogP contribution in [0.2, 0.25) is 5.02 Å². The van der Waals surface area contributed by atoms with Gasteiger partial charge in [-0.1, -0.05) is 33.6 Å². The lowest BCUT2D eigenvalue weighted by Crippen LogP contribution is -2.36. The fourth-order valence-corrected chi connectivity index (χ4v) is 1.75. The van der Waals surface area contributed by atoms with E-state index in [1.807, 2.05) is 6.92 Å². The summed E-state index contributed by atoms with van der Waals surface area (Å²) in [6.45, 7) is 1.98. The van der Waals surface area contributed by atoms with Crippen molar-refractivity contribution in [3.05, 3.63) is 34.9 Å². The van der Waals surface area contributed by atoms with Crippen molar-refractivity contribution in [3.8, 4) is 0 Å². The normalized spacial score (nSPS) is 12.3. The van der Waals surface area contributed by atoms with Gasteiger partial charge in [0.15, 0.2) is 0 Å². The number of hydrogen-bond donors (Lipinski definition) is 0. The van der Waals surface area contributed by atoms with Crippen LogP contribution < -0.4 is 0 Å². The molecule has 4 heteroatoms. The Hall–Kier alpha value is -0.540. The van der Waals surface area contributed by atoms with Crippen LogP contribution in [0, 0.1) is 0 Å². The summed E-state index contributed by atoms with van der Waals surface area (Å²) in [6, 6.07) is 7.15. The molecule has 0 heterocycles. The summed E-state index contributed by atoms with van der Waals surface area (Å²) in [6.07, 6.45) is 0. The third-order valence-electron chi connectivity index (χ3n) is 2.28. The Labute approximate surface area is 103 Å². The predicted octanol–water partition coefficient (Wildman–Crippen LogP) is 3.20. The number of amides is 1. The minimum absolute atomic E-state index is 0.00977. The highest BCUT2D eigenvalue weighted by atomic mass is 79.9. The van der Waals surface area contributed by atoms with Gasteiger partial charge in [-0.15, -0.1) is 0 Å². The molecule has 0 bridgehead atoms. The molecule has 0 spiro atoms. The van der Waals surface area contributed by atoms with Gasteiger partial charge in [-0.2, -0.15) is 0 Å². The van der Waals surface area contributed by atoms with E-state index in [0.717, 1.165) is 5.33 Å². The van der Waals surface area contributed by atoms with Gasteiger partial charge >= 0.3 is 0 Å². The highest BCUT2D eigenvalue weighted by molar-refractivity contribution is 9.09. The average molecular weight is 291 g/mol. The second kappa shape index (κ2) is 5.52. The van der Waals surface area contributed by atoms with Crippen molar-refractivity contribution in [2.45, 2.75) is 13.0 Å². The van der Waals surface area contributed by atoms with Gasteiger partial charge in [-0.05, 0) is 25.1 Å². The van der Waals surface area contributed by atoms with Crippen molar-refractivity contribution in [3.63, 3.8) is 0 Å². The summed E-state index contributed by atoms with van der Waals surface area (Å²) in [7, 11) is 1.79. The first-order valence-electron chi connectivity index (χ1n) is 4.65. The molecule has 0 aliphatic heterocycles. The summed E-state index contributed by atoms with van der Waals surface area (Å²) in [5.74, 6) is -0.00977. The zero-order valence-corrected chi connectivity index (χ0v) is 11.0. The third-order valence-corrected chi connectivity index (χ3v) is 3.45. The number of nitrogens with zero attached hydrogens (tertiary/aromatic N) is 1. The molecule has 0 radical (unpaired) electrons. The Morgan fingerprint density at radius 2 is 2.27 bits per heavy atom. The van der Waals surface area contributed by atoms with E-state index in [1.165, 1.54) is 0 Å². The maximum Gasteiger partial charge on any atom is 0.253 e. The molecule has 0 fully saturated rings. The Morgan fingerprint density at radius 1 is 1.60 bits per heavy atom. The lowest BCUT2D eigenvalue weighted by molar-refractivity contribution is 0.0758. The van der Waals surface area contributed by atoms with Crippen LogP contribution in [-0.4, -0.2) is 29.2 Å². The summed E-state index contributed by atoms with van der Waals surface area (Å²) in [5.41, 5.74) is 0.623. The van der Waals surface area contributed by atoms with E-state index in [9.17, 15) is 4.79 Å². The third kappa shape index (κ3) is 3.21. The van der Waals surface area contributed by atoms with E-state index in [-0.39, 0.29) is 11.9 Å². The van der Waals surface area contributed by atoms with Crippen molar-refractivity contribution in [2.75, 3.05) is 12.4 Å². The largest absolute Gasteiger partial charge is 0.338 e.